The Bertz CT molecular complexity index is 1160. The van der Waals surface area contributed by atoms with Gasteiger partial charge in [-0.3, -0.25) is 13.8 Å². The Hall–Kier alpha value is -1.02. The largest absolute Gasteiger partial charge is 0.472 e. The molecule has 8 nitrogen and oxygen atoms in total. The van der Waals surface area contributed by atoms with E-state index < -0.39 is 20.0 Å². The van der Waals surface area contributed by atoms with Crippen molar-refractivity contribution in [3.8, 4) is 0 Å². The third-order valence-corrected chi connectivity index (χ3v) is 14.7. The van der Waals surface area contributed by atoms with Crippen molar-refractivity contribution in [2.24, 2.45) is 0 Å². The molecule has 0 saturated heterocycles. The fourth-order valence-corrected chi connectivity index (χ4v) is 9.76. The molecule has 3 atom stereocenters. The second-order valence-corrected chi connectivity index (χ2v) is 23.2. The molecule has 1 amide bonds. The van der Waals surface area contributed by atoms with Crippen molar-refractivity contribution < 1.29 is 32.9 Å². The highest BCUT2D eigenvalue weighted by Gasteiger charge is 2.28. The number of phosphoric acid groups is 1. The molecule has 0 aromatic heterocycles. The average molecular weight is 983 g/mol. The van der Waals surface area contributed by atoms with Gasteiger partial charge in [-0.25, -0.2) is 4.57 Å². The van der Waals surface area contributed by atoms with E-state index in [4.69, 9.17) is 9.05 Å². The summed E-state index contributed by atoms with van der Waals surface area (Å²) in [5.74, 6) is -0.143. The van der Waals surface area contributed by atoms with E-state index in [1.165, 1.54) is 225 Å². The van der Waals surface area contributed by atoms with Crippen LogP contribution in [0.3, 0.4) is 0 Å². The lowest BCUT2D eigenvalue weighted by Gasteiger charge is -2.26. The van der Waals surface area contributed by atoms with Gasteiger partial charge in [-0.2, -0.15) is 0 Å². The van der Waals surface area contributed by atoms with Gasteiger partial charge in [-0.05, 0) is 44.9 Å². The number of aliphatic hydroxyl groups is 1. The number of carbonyl (C=O) groups is 1. The first-order chi connectivity index (χ1) is 33.0. The number of allylic oxidation sites excluding steroid dienone is 4. The molecule has 404 valence electrons. The topological polar surface area (TPSA) is 105 Å². The third-order valence-electron chi connectivity index (χ3n) is 13.7. The van der Waals surface area contributed by atoms with Crippen LogP contribution < -0.4 is 5.32 Å². The highest BCUT2D eigenvalue weighted by atomic mass is 31.2. The lowest BCUT2D eigenvalue weighted by molar-refractivity contribution is -0.870. The number of rotatable bonds is 55. The molecule has 0 spiro atoms. The summed E-state index contributed by atoms with van der Waals surface area (Å²) in [5, 5.41) is 13.9. The van der Waals surface area contributed by atoms with Gasteiger partial charge in [0.15, 0.2) is 0 Å². The molecule has 0 aromatic rings. The van der Waals surface area contributed by atoms with Crippen LogP contribution in [0.2, 0.25) is 0 Å². The number of phosphoric ester groups is 1. The Balaban J connectivity index is 3.82. The number of unbranched alkanes of at least 4 members (excludes halogenated alkanes) is 38. The van der Waals surface area contributed by atoms with Crippen LogP contribution in [0.1, 0.15) is 296 Å². The standard InChI is InChI=1S/C59H117N2O6P/c1-6-8-10-12-14-16-17-18-19-20-21-22-23-24-25-26-27-28-29-30-31-32-33-34-35-36-37-38-39-40-41-42-43-45-47-49-51-53-59(63)60-57(56-67-68(64,65)66-55-54-61(3,4)5)58(62)52-50-48-46-44-15-13-11-9-7-2/h25-26,28-29,57-58,62H,6-24,27,30-56H2,1-5H3,(H-,60,63,64,65)/p+1/b26-25-,29-28-. The summed E-state index contributed by atoms with van der Waals surface area (Å²) in [6.45, 7) is 4.89. The van der Waals surface area contributed by atoms with Crippen molar-refractivity contribution in [1.82, 2.24) is 5.32 Å². The van der Waals surface area contributed by atoms with E-state index in [-0.39, 0.29) is 19.1 Å². The SMILES string of the molecule is CCCCCCCCCCCCCCC/C=C\C/C=C\CCCCCCCCCCCCCCCCCCCC(=O)NC(COP(=O)(O)OCC[N+](C)(C)C)C(O)CCCCCCCCCCC. The van der Waals surface area contributed by atoms with Gasteiger partial charge in [-0.1, -0.05) is 269 Å². The number of likely N-dealkylation sites (N-methyl/N-ethyl adjacent to an activating group) is 1. The van der Waals surface area contributed by atoms with Gasteiger partial charge in [0.1, 0.15) is 13.2 Å². The van der Waals surface area contributed by atoms with Crippen molar-refractivity contribution in [2.45, 2.75) is 309 Å². The molecule has 3 N–H and O–H groups in total. The van der Waals surface area contributed by atoms with Crippen LogP contribution in [0, 0.1) is 0 Å². The van der Waals surface area contributed by atoms with Gasteiger partial charge in [0.2, 0.25) is 5.91 Å². The van der Waals surface area contributed by atoms with Gasteiger partial charge in [0, 0.05) is 6.42 Å². The second kappa shape index (κ2) is 50.9. The number of quaternary nitrogens is 1. The fourth-order valence-electron chi connectivity index (χ4n) is 9.02. The van der Waals surface area contributed by atoms with E-state index in [0.717, 1.165) is 44.9 Å². The molecule has 0 heterocycles. The van der Waals surface area contributed by atoms with Crippen molar-refractivity contribution in [3.63, 3.8) is 0 Å². The molecule has 0 radical (unpaired) electrons. The summed E-state index contributed by atoms with van der Waals surface area (Å²) in [4.78, 5) is 23.2. The maximum Gasteiger partial charge on any atom is 0.472 e. The van der Waals surface area contributed by atoms with Gasteiger partial charge in [0.25, 0.3) is 0 Å². The first-order valence-corrected chi connectivity index (χ1v) is 31.2. The van der Waals surface area contributed by atoms with Gasteiger partial charge < -0.3 is 19.8 Å². The second-order valence-electron chi connectivity index (χ2n) is 21.7. The normalized spacial score (nSPS) is 14.0. The molecule has 0 aromatic carbocycles. The lowest BCUT2D eigenvalue weighted by atomic mass is 10.0. The fraction of sp³-hybridized carbons (Fsp3) is 0.915. The molecule has 0 fully saturated rings. The van der Waals surface area contributed by atoms with Crippen LogP contribution in [0.4, 0.5) is 0 Å². The Morgan fingerprint density at radius 3 is 1.21 bits per heavy atom. The Morgan fingerprint density at radius 1 is 0.500 bits per heavy atom. The minimum atomic E-state index is -4.31. The minimum absolute atomic E-state index is 0.0762. The Morgan fingerprint density at radius 2 is 0.838 bits per heavy atom. The highest BCUT2D eigenvalue weighted by Crippen LogP contribution is 2.43. The van der Waals surface area contributed by atoms with Crippen molar-refractivity contribution in [3.05, 3.63) is 24.3 Å². The van der Waals surface area contributed by atoms with Gasteiger partial charge in [0.05, 0.1) is 39.9 Å². The first kappa shape index (κ1) is 67.0. The van der Waals surface area contributed by atoms with E-state index in [1.807, 2.05) is 21.1 Å². The number of amides is 1. The van der Waals surface area contributed by atoms with E-state index in [1.54, 1.807) is 0 Å². The number of nitrogens with one attached hydrogen (secondary N) is 1. The van der Waals surface area contributed by atoms with Crippen LogP contribution in [0.15, 0.2) is 24.3 Å². The van der Waals surface area contributed by atoms with Crippen LogP contribution in [0.25, 0.3) is 0 Å². The summed E-state index contributed by atoms with van der Waals surface area (Å²) in [6.07, 6.45) is 64.2. The Kier molecular flexibility index (Phi) is 50.1. The van der Waals surface area contributed by atoms with Crippen molar-refractivity contribution in [2.75, 3.05) is 40.9 Å². The molecule has 3 unspecified atom stereocenters. The maximum absolute atomic E-state index is 12.9. The molecule has 0 aliphatic rings. The summed E-state index contributed by atoms with van der Waals surface area (Å²) in [5.41, 5.74) is 0. The summed E-state index contributed by atoms with van der Waals surface area (Å²) in [6, 6.07) is -0.756. The molecule has 0 aliphatic heterocycles. The smallest absolute Gasteiger partial charge is 0.391 e. The zero-order chi connectivity index (χ0) is 49.9. The van der Waals surface area contributed by atoms with Gasteiger partial charge in [-0.15, -0.1) is 0 Å². The van der Waals surface area contributed by atoms with Crippen LogP contribution in [0.5, 0.6) is 0 Å². The molecule has 0 rings (SSSR count). The third kappa shape index (κ3) is 52.8. The number of nitrogens with zero attached hydrogens (tertiary/aromatic N) is 1. The predicted molar refractivity (Wildman–Crippen MR) is 295 cm³/mol. The number of aliphatic hydroxyl groups excluding tert-OH is 1. The summed E-state index contributed by atoms with van der Waals surface area (Å²) in [7, 11) is 1.62. The first-order valence-electron chi connectivity index (χ1n) is 29.7. The zero-order valence-corrected chi connectivity index (χ0v) is 47.0. The average Bonchev–Trinajstić information content (AvgIpc) is 3.30. The molecule has 0 aliphatic carbocycles. The van der Waals surface area contributed by atoms with E-state index in [0.29, 0.717) is 23.9 Å². The molecular formula is C59H118N2O6P+. The lowest BCUT2D eigenvalue weighted by Crippen LogP contribution is -2.46. The van der Waals surface area contributed by atoms with E-state index in [2.05, 4.69) is 43.5 Å². The highest BCUT2D eigenvalue weighted by molar-refractivity contribution is 7.47. The monoisotopic (exact) mass is 982 g/mol. The molecule has 9 heteroatoms. The number of hydrogen-bond acceptors (Lipinski definition) is 5. The molecular weight excluding hydrogens is 864 g/mol. The van der Waals surface area contributed by atoms with E-state index in [9.17, 15) is 19.4 Å². The zero-order valence-electron chi connectivity index (χ0n) is 46.1. The van der Waals surface area contributed by atoms with Crippen molar-refractivity contribution in [1.29, 1.82) is 0 Å². The quantitative estimate of drug-likeness (QED) is 0.0243. The van der Waals surface area contributed by atoms with Crippen molar-refractivity contribution >= 4 is 13.7 Å². The van der Waals surface area contributed by atoms with Gasteiger partial charge >= 0.3 is 7.82 Å². The van der Waals surface area contributed by atoms with Crippen LogP contribution in [-0.2, 0) is 18.4 Å². The minimum Gasteiger partial charge on any atom is -0.391 e. The van der Waals surface area contributed by atoms with E-state index >= 15 is 0 Å². The molecule has 68 heavy (non-hydrogen) atoms. The summed E-state index contributed by atoms with van der Waals surface area (Å²) < 4.78 is 23.7. The Labute approximate surface area is 424 Å². The predicted octanol–water partition coefficient (Wildman–Crippen LogP) is 18.0. The molecule has 0 saturated carbocycles. The van der Waals surface area contributed by atoms with Crippen LogP contribution >= 0.6 is 7.82 Å². The maximum atomic E-state index is 12.9. The number of hydrogen-bond donors (Lipinski definition) is 3. The summed E-state index contributed by atoms with van der Waals surface area (Å²) >= 11 is 0. The molecule has 0 bridgehead atoms. The van der Waals surface area contributed by atoms with Crippen LogP contribution in [-0.4, -0.2) is 73.4 Å². The number of carbonyl (C=O) groups excluding carboxylic acids is 1.